The monoisotopic (exact) mass is 188 g/mol. The fourth-order valence-corrected chi connectivity index (χ4v) is 1.28. The van der Waals surface area contributed by atoms with Crippen LogP contribution in [0.3, 0.4) is 0 Å². The number of hydrogen-bond donors (Lipinski definition) is 2. The molecule has 0 spiro atoms. The zero-order valence-corrected chi connectivity index (χ0v) is 8.20. The molecule has 76 valence electrons. The number of carbonyl (C=O) groups is 1. The predicted octanol–water partition coefficient (Wildman–Crippen LogP) is -0.0399. The molecule has 5 nitrogen and oxygen atoms in total. The summed E-state index contributed by atoms with van der Waals surface area (Å²) in [6.45, 7) is 4.62. The first-order valence-corrected chi connectivity index (χ1v) is 4.30. The van der Waals surface area contributed by atoms with Crippen LogP contribution in [0.5, 0.6) is 0 Å². The van der Waals surface area contributed by atoms with E-state index in [4.69, 9.17) is 0 Å². The van der Waals surface area contributed by atoms with E-state index in [1.165, 1.54) is 12.0 Å². The average molecular weight is 188 g/mol. The summed E-state index contributed by atoms with van der Waals surface area (Å²) in [7, 11) is 1.38. The summed E-state index contributed by atoms with van der Waals surface area (Å²) in [4.78, 5) is 17.1. The van der Waals surface area contributed by atoms with E-state index >= 15 is 0 Å². The van der Waals surface area contributed by atoms with Crippen LogP contribution in [0.25, 0.3) is 0 Å². The van der Waals surface area contributed by atoms with Gasteiger partial charge < -0.3 is 10.0 Å². The Kier molecular flexibility index (Phi) is 2.77. The summed E-state index contributed by atoms with van der Waals surface area (Å²) in [5.74, 6) is 0.166. The number of rotatable bonds is 2. The van der Waals surface area contributed by atoms with Crippen LogP contribution in [-0.2, 0) is 4.84 Å². The Morgan fingerprint density at radius 2 is 2.15 bits per heavy atom. The second-order valence-corrected chi connectivity index (χ2v) is 3.73. The van der Waals surface area contributed by atoms with Crippen LogP contribution in [0.1, 0.15) is 13.8 Å². The molecule has 13 heavy (non-hydrogen) atoms. The van der Waals surface area contributed by atoms with E-state index in [-0.39, 0.29) is 11.9 Å². The van der Waals surface area contributed by atoms with Gasteiger partial charge in [0, 0.05) is 0 Å². The van der Waals surface area contributed by atoms with Crippen LogP contribution in [0, 0.1) is 5.92 Å². The Morgan fingerprint density at radius 3 is 2.54 bits per heavy atom. The summed E-state index contributed by atoms with van der Waals surface area (Å²) in [6.07, 6.45) is 0. The van der Waals surface area contributed by atoms with Crippen molar-refractivity contribution in [2.24, 2.45) is 5.92 Å². The van der Waals surface area contributed by atoms with Crippen molar-refractivity contribution in [1.82, 2.24) is 10.4 Å². The first-order valence-electron chi connectivity index (χ1n) is 4.30. The highest BCUT2D eigenvalue weighted by molar-refractivity contribution is 5.74. The Labute approximate surface area is 77.6 Å². The molecule has 0 aromatic carbocycles. The van der Waals surface area contributed by atoms with Crippen LogP contribution in [-0.4, -0.2) is 41.8 Å². The number of hydroxylamine groups is 1. The van der Waals surface area contributed by atoms with E-state index in [2.05, 4.69) is 10.3 Å². The molecule has 0 unspecified atom stereocenters. The predicted molar refractivity (Wildman–Crippen MR) is 46.9 cm³/mol. The van der Waals surface area contributed by atoms with E-state index in [1.807, 2.05) is 13.8 Å². The highest BCUT2D eigenvalue weighted by atomic mass is 16.6. The maximum atomic E-state index is 11.1. The minimum atomic E-state index is -0.717. The fraction of sp³-hybridized carbons (Fsp3) is 0.875. The Morgan fingerprint density at radius 1 is 1.62 bits per heavy atom. The molecule has 2 N–H and O–H groups in total. The molecule has 0 aromatic heterocycles. The van der Waals surface area contributed by atoms with Gasteiger partial charge in [0.25, 0.3) is 0 Å². The van der Waals surface area contributed by atoms with Gasteiger partial charge in [-0.25, -0.2) is 10.3 Å². The fourth-order valence-electron chi connectivity index (χ4n) is 1.28. The van der Waals surface area contributed by atoms with Gasteiger partial charge in [0.2, 0.25) is 0 Å². The second kappa shape index (κ2) is 3.51. The van der Waals surface area contributed by atoms with Gasteiger partial charge in [-0.15, -0.1) is 0 Å². The topological polar surface area (TPSA) is 61.8 Å². The molecule has 1 rings (SSSR count). The molecule has 0 aromatic rings. The van der Waals surface area contributed by atoms with Gasteiger partial charge in [0.1, 0.15) is 5.60 Å². The second-order valence-electron chi connectivity index (χ2n) is 3.73. The molecule has 2 amide bonds. The van der Waals surface area contributed by atoms with Gasteiger partial charge in [0.15, 0.2) is 0 Å². The summed E-state index contributed by atoms with van der Waals surface area (Å²) in [5, 5.41) is 9.81. The Hall–Kier alpha value is -0.810. The van der Waals surface area contributed by atoms with Crippen molar-refractivity contribution in [3.8, 4) is 0 Å². The lowest BCUT2D eigenvalue weighted by molar-refractivity contribution is -0.111. The van der Waals surface area contributed by atoms with Gasteiger partial charge in [-0.05, 0) is 5.92 Å². The highest BCUT2D eigenvalue weighted by Gasteiger charge is 2.45. The quantitative estimate of drug-likeness (QED) is 0.598. The standard InChI is InChI=1S/C8H16N2O3/c1-6(2)8(12)4-10(5-8)7(11)9-13-3/h6,12H,4-5H2,1-3H3,(H,9,11). The number of hydrogen-bond acceptors (Lipinski definition) is 3. The molecule has 0 aliphatic carbocycles. The number of amides is 2. The van der Waals surface area contributed by atoms with Crippen LogP contribution >= 0.6 is 0 Å². The van der Waals surface area contributed by atoms with E-state index < -0.39 is 5.60 Å². The van der Waals surface area contributed by atoms with Crippen molar-refractivity contribution in [3.05, 3.63) is 0 Å². The molecular formula is C8H16N2O3. The first kappa shape index (κ1) is 10.3. The van der Waals surface area contributed by atoms with Crippen LogP contribution in [0.15, 0.2) is 0 Å². The molecule has 1 heterocycles. The number of β-amino-alcohol motifs (C(OH)–C–C–N with tert-alkyl or cyclic N) is 1. The molecule has 0 atom stereocenters. The molecule has 0 saturated carbocycles. The molecule has 0 bridgehead atoms. The number of urea groups is 1. The van der Waals surface area contributed by atoms with Crippen LogP contribution in [0.4, 0.5) is 4.79 Å². The number of likely N-dealkylation sites (tertiary alicyclic amines) is 1. The maximum absolute atomic E-state index is 11.1. The van der Waals surface area contributed by atoms with E-state index in [1.54, 1.807) is 0 Å². The smallest absolute Gasteiger partial charge is 0.341 e. The largest absolute Gasteiger partial charge is 0.386 e. The third kappa shape index (κ3) is 1.92. The molecule has 1 aliphatic rings. The van der Waals surface area contributed by atoms with Gasteiger partial charge in [-0.1, -0.05) is 13.8 Å². The number of nitrogens with one attached hydrogen (secondary N) is 1. The summed E-state index contributed by atoms with van der Waals surface area (Å²) < 4.78 is 0. The minimum Gasteiger partial charge on any atom is -0.386 e. The van der Waals surface area contributed by atoms with Crippen molar-refractivity contribution < 1.29 is 14.7 Å². The lowest BCUT2D eigenvalue weighted by Gasteiger charge is -2.48. The van der Waals surface area contributed by atoms with E-state index in [9.17, 15) is 9.90 Å². The molecular weight excluding hydrogens is 172 g/mol. The van der Waals surface area contributed by atoms with Gasteiger partial charge in [-0.2, -0.15) is 0 Å². The van der Waals surface area contributed by atoms with Crippen molar-refractivity contribution in [3.63, 3.8) is 0 Å². The van der Waals surface area contributed by atoms with Crippen molar-refractivity contribution in [1.29, 1.82) is 0 Å². The summed E-state index contributed by atoms with van der Waals surface area (Å²) in [6, 6.07) is -0.298. The van der Waals surface area contributed by atoms with Crippen molar-refractivity contribution >= 4 is 6.03 Å². The van der Waals surface area contributed by atoms with E-state index in [0.29, 0.717) is 13.1 Å². The highest BCUT2D eigenvalue weighted by Crippen LogP contribution is 2.28. The lowest BCUT2D eigenvalue weighted by atomic mass is 9.83. The number of carbonyl (C=O) groups excluding carboxylic acids is 1. The van der Waals surface area contributed by atoms with Gasteiger partial charge in [0.05, 0.1) is 20.2 Å². The third-order valence-electron chi connectivity index (χ3n) is 2.48. The molecule has 0 radical (unpaired) electrons. The average Bonchev–Trinajstić information content (AvgIpc) is 1.98. The first-order chi connectivity index (χ1) is 5.99. The van der Waals surface area contributed by atoms with Gasteiger partial charge in [-0.3, -0.25) is 4.84 Å². The zero-order chi connectivity index (χ0) is 10.1. The van der Waals surface area contributed by atoms with Crippen LogP contribution < -0.4 is 5.48 Å². The Balaban J connectivity index is 2.36. The molecule has 1 saturated heterocycles. The van der Waals surface area contributed by atoms with Crippen LogP contribution in [0.2, 0.25) is 0 Å². The van der Waals surface area contributed by atoms with Gasteiger partial charge >= 0.3 is 6.03 Å². The lowest BCUT2D eigenvalue weighted by Crippen LogP contribution is -2.67. The number of aliphatic hydroxyl groups is 1. The SMILES string of the molecule is CONC(=O)N1CC(O)(C(C)C)C1. The molecule has 1 aliphatic heterocycles. The van der Waals surface area contributed by atoms with Crippen molar-refractivity contribution in [2.45, 2.75) is 19.4 Å². The number of nitrogens with zero attached hydrogens (tertiary/aromatic N) is 1. The minimum absolute atomic E-state index is 0.166. The normalized spacial score (nSPS) is 19.9. The van der Waals surface area contributed by atoms with E-state index in [0.717, 1.165) is 0 Å². The molecule has 1 fully saturated rings. The summed E-state index contributed by atoms with van der Waals surface area (Å²) in [5.41, 5.74) is 1.48. The third-order valence-corrected chi connectivity index (χ3v) is 2.48. The maximum Gasteiger partial charge on any atom is 0.341 e. The summed E-state index contributed by atoms with van der Waals surface area (Å²) >= 11 is 0. The Bertz CT molecular complexity index is 200. The molecule has 5 heteroatoms. The van der Waals surface area contributed by atoms with Crippen molar-refractivity contribution in [2.75, 3.05) is 20.2 Å². The zero-order valence-electron chi connectivity index (χ0n) is 8.20.